The maximum atomic E-state index is 13.3. The van der Waals surface area contributed by atoms with Gasteiger partial charge in [0.05, 0.1) is 17.4 Å². The molecule has 1 spiro atoms. The number of amides is 1. The first-order valence-electron chi connectivity index (χ1n) is 17.4. The number of ether oxygens (including phenoxy) is 1. The highest BCUT2D eigenvalue weighted by Crippen LogP contribution is 2.51. The van der Waals surface area contributed by atoms with E-state index in [1.807, 2.05) is 19.2 Å². The summed E-state index contributed by atoms with van der Waals surface area (Å²) in [5.74, 6) is 1.26. The third kappa shape index (κ3) is 6.11. The molecule has 1 aliphatic carbocycles. The van der Waals surface area contributed by atoms with Crippen molar-refractivity contribution in [3.63, 3.8) is 0 Å². The normalized spacial score (nSPS) is 28.9. The summed E-state index contributed by atoms with van der Waals surface area (Å²) in [6, 6.07) is 3.21. The molecule has 5 heterocycles. The topological polar surface area (TPSA) is 205 Å². The summed E-state index contributed by atoms with van der Waals surface area (Å²) in [4.78, 5) is 43.2. The van der Waals surface area contributed by atoms with Gasteiger partial charge in [0.1, 0.15) is 66.9 Å². The molecular weight excluding hydrogens is 650 g/mol. The average Bonchev–Trinajstić information content (AvgIpc) is 3.89. The quantitative estimate of drug-likeness (QED) is 0.116. The molecule has 50 heavy (non-hydrogen) atoms. The number of carbonyl (C=O) groups excluding carboxylic acids is 1. The Morgan fingerprint density at radius 3 is 2.62 bits per heavy atom. The minimum absolute atomic E-state index is 0.104. The summed E-state index contributed by atoms with van der Waals surface area (Å²) in [7, 11) is 0. The number of hydrogen-bond acceptors (Lipinski definition) is 12. The van der Waals surface area contributed by atoms with Crippen LogP contribution in [0.3, 0.4) is 0 Å². The maximum absolute atomic E-state index is 13.3. The van der Waals surface area contributed by atoms with Crippen molar-refractivity contribution in [2.24, 2.45) is 16.3 Å². The predicted molar refractivity (Wildman–Crippen MR) is 179 cm³/mol. The number of aliphatic imine (C=N–C) groups is 1. The van der Waals surface area contributed by atoms with Gasteiger partial charge in [-0.15, -0.1) is 0 Å². The second-order valence-corrected chi connectivity index (χ2v) is 14.6. The van der Waals surface area contributed by atoms with E-state index in [1.165, 1.54) is 6.07 Å². The first kappa shape index (κ1) is 35.0. The number of allylic oxidation sites excluding steroid dienone is 1. The number of benzene rings is 1. The summed E-state index contributed by atoms with van der Waals surface area (Å²) in [6.45, 7) is 3.45. The molecule has 7 rings (SSSR count). The molecule has 270 valence electrons. The lowest BCUT2D eigenvalue weighted by Gasteiger charge is -2.43. The van der Waals surface area contributed by atoms with Gasteiger partial charge in [0.2, 0.25) is 17.2 Å². The first-order chi connectivity index (χ1) is 23.9. The fourth-order valence-electron chi connectivity index (χ4n) is 8.41. The van der Waals surface area contributed by atoms with Gasteiger partial charge >= 0.3 is 0 Å². The van der Waals surface area contributed by atoms with E-state index < -0.39 is 54.7 Å². The van der Waals surface area contributed by atoms with Crippen molar-refractivity contribution in [1.29, 1.82) is 0 Å². The molecule has 0 bridgehead atoms. The molecule has 2 fully saturated rings. The first-order valence-corrected chi connectivity index (χ1v) is 17.4. The van der Waals surface area contributed by atoms with E-state index in [9.17, 15) is 30.0 Å². The van der Waals surface area contributed by atoms with E-state index in [-0.39, 0.29) is 23.7 Å². The van der Waals surface area contributed by atoms with E-state index in [0.29, 0.717) is 59.7 Å². The molecule has 2 aromatic rings. The Balaban J connectivity index is 1.22. The Hall–Kier alpha value is -3.47. The summed E-state index contributed by atoms with van der Waals surface area (Å²) in [5, 5.41) is 53.2. The van der Waals surface area contributed by atoms with Gasteiger partial charge in [-0.3, -0.25) is 19.5 Å². The number of quaternary nitrogens is 1. The maximum Gasteiger partial charge on any atom is 0.226 e. The zero-order chi connectivity index (χ0) is 35.4. The van der Waals surface area contributed by atoms with Gasteiger partial charge in [-0.05, 0) is 57.6 Å². The molecular formula is C36H46N3O11+. The average molecular weight is 697 g/mol. The molecule has 7 N–H and O–H groups in total. The van der Waals surface area contributed by atoms with Crippen LogP contribution in [-0.4, -0.2) is 100 Å². The van der Waals surface area contributed by atoms with Gasteiger partial charge in [0, 0.05) is 36.4 Å². The Bertz CT molecular complexity index is 1800. The van der Waals surface area contributed by atoms with Crippen LogP contribution in [0, 0.1) is 18.3 Å². The van der Waals surface area contributed by atoms with E-state index >= 15 is 0 Å². The van der Waals surface area contributed by atoms with Crippen LogP contribution in [0.25, 0.3) is 11.0 Å². The molecule has 14 nitrogen and oxygen atoms in total. The van der Waals surface area contributed by atoms with Crippen molar-refractivity contribution in [3.8, 4) is 5.75 Å². The number of nitrogens with one attached hydrogen (secondary N) is 2. The zero-order valence-electron chi connectivity index (χ0n) is 28.3. The lowest BCUT2D eigenvalue weighted by atomic mass is 9.72. The second kappa shape index (κ2) is 13.6. The van der Waals surface area contributed by atoms with E-state index in [1.54, 1.807) is 19.2 Å². The van der Waals surface area contributed by atoms with Crippen molar-refractivity contribution >= 4 is 28.8 Å². The molecule has 4 aliphatic heterocycles. The molecule has 1 aromatic heterocycles. The predicted octanol–water partition coefficient (Wildman–Crippen LogP) is 0.0165. The minimum atomic E-state index is -1.82. The standard InChI is InChI=1S/C36H45N3O11/c1-19-11-25(41)23-12-21-13-28(50-47-18-27(43)31(45)30(44)26(42)17-40)35(2,9-5-22-14-38-34(46)36(22)7-3-4-8-36)49-32(21)29(33(23)48-19)39-15-20-6-10-37-24(20)16-39/h6,10-12,16,22,26-28,30-31,40,42-45H,3-5,7-9,13-15,17-18H2,1-2H3,(H,38,46)/p+1. The molecule has 1 aromatic carbocycles. The van der Waals surface area contributed by atoms with Gasteiger partial charge in [-0.25, -0.2) is 9.78 Å². The summed E-state index contributed by atoms with van der Waals surface area (Å²) < 4.78 is 13.3. The Morgan fingerprint density at radius 2 is 1.88 bits per heavy atom. The van der Waals surface area contributed by atoms with Crippen LogP contribution in [0.2, 0.25) is 0 Å². The molecule has 5 aliphatic rings. The molecule has 0 radical (unpaired) electrons. The molecule has 1 amide bonds. The molecule has 1 saturated heterocycles. The Kier molecular flexibility index (Phi) is 9.50. The van der Waals surface area contributed by atoms with Gasteiger partial charge in [0.25, 0.3) is 0 Å². The number of aliphatic hydroxyl groups excluding tert-OH is 5. The van der Waals surface area contributed by atoms with Crippen LogP contribution in [0.5, 0.6) is 5.75 Å². The second-order valence-electron chi connectivity index (χ2n) is 14.6. The number of carbonyl (C=O) groups is 1. The third-order valence-corrected chi connectivity index (χ3v) is 11.4. The highest BCUT2D eigenvalue weighted by molar-refractivity contribution is 5.90. The summed E-state index contributed by atoms with van der Waals surface area (Å²) in [5.41, 5.74) is 2.11. The summed E-state index contributed by atoms with van der Waals surface area (Å²) in [6.07, 6.45) is 3.14. The van der Waals surface area contributed by atoms with Crippen molar-refractivity contribution in [3.05, 3.63) is 57.2 Å². The SMILES string of the molecule is Cc1cc(=O)c2cc3c(c([NH+]4C=C5N=CC=C5C4)c2o1)OC(C)(CCC1CNC(=O)C12CCCC2)C(OOCC(O)C(O)C(O)C(O)CO)C3. The molecule has 14 heteroatoms. The van der Waals surface area contributed by atoms with Crippen LogP contribution >= 0.6 is 0 Å². The minimum Gasteiger partial charge on any atom is -0.478 e. The van der Waals surface area contributed by atoms with Gasteiger partial charge in [0.15, 0.2) is 11.2 Å². The largest absolute Gasteiger partial charge is 0.478 e. The van der Waals surface area contributed by atoms with Crippen molar-refractivity contribution in [2.45, 2.75) is 94.9 Å². The monoisotopic (exact) mass is 696 g/mol. The van der Waals surface area contributed by atoms with Crippen LogP contribution in [0.4, 0.5) is 5.69 Å². The van der Waals surface area contributed by atoms with Crippen molar-refractivity contribution in [2.75, 3.05) is 26.3 Å². The lowest BCUT2D eigenvalue weighted by Crippen LogP contribution is -3.01. The van der Waals surface area contributed by atoms with E-state index in [4.69, 9.17) is 24.0 Å². The Morgan fingerprint density at radius 1 is 1.12 bits per heavy atom. The van der Waals surface area contributed by atoms with Crippen molar-refractivity contribution in [1.82, 2.24) is 5.32 Å². The number of fused-ring (bicyclic) bond motifs is 3. The molecule has 8 unspecified atom stereocenters. The number of rotatable bonds is 12. The number of hydrogen-bond donors (Lipinski definition) is 7. The summed E-state index contributed by atoms with van der Waals surface area (Å²) >= 11 is 0. The smallest absolute Gasteiger partial charge is 0.226 e. The van der Waals surface area contributed by atoms with Gasteiger partial charge in [-0.2, -0.15) is 0 Å². The van der Waals surface area contributed by atoms with Crippen LogP contribution < -0.4 is 20.4 Å². The van der Waals surface area contributed by atoms with Crippen LogP contribution in [0.15, 0.2) is 49.9 Å². The fraction of sp³-hybridized carbons (Fsp3) is 0.583. The van der Waals surface area contributed by atoms with Gasteiger partial charge in [-0.1, -0.05) is 12.8 Å². The number of aryl methyl sites for hydroxylation is 1. The fourth-order valence-corrected chi connectivity index (χ4v) is 8.41. The number of aliphatic hydroxyl groups is 5. The molecule has 1 saturated carbocycles. The Labute approximate surface area is 288 Å². The van der Waals surface area contributed by atoms with E-state index in [2.05, 4.69) is 10.3 Å². The third-order valence-electron chi connectivity index (χ3n) is 11.4. The van der Waals surface area contributed by atoms with Crippen LogP contribution in [0.1, 0.15) is 56.8 Å². The lowest BCUT2D eigenvalue weighted by molar-refractivity contribution is -0.763. The highest BCUT2D eigenvalue weighted by Gasteiger charge is 2.53. The van der Waals surface area contributed by atoms with E-state index in [0.717, 1.165) is 41.9 Å². The van der Waals surface area contributed by atoms with Crippen molar-refractivity contribution < 1.29 is 54.2 Å². The molecule has 8 atom stereocenters. The number of nitrogens with zero attached hydrogens (tertiary/aromatic N) is 1. The highest BCUT2D eigenvalue weighted by atomic mass is 17.2. The van der Waals surface area contributed by atoms with Crippen LogP contribution in [-0.2, 0) is 21.0 Å². The zero-order valence-corrected chi connectivity index (χ0v) is 28.3. The van der Waals surface area contributed by atoms with Gasteiger partial charge < -0.3 is 40.0 Å².